The van der Waals surface area contributed by atoms with Gasteiger partial charge >= 0.3 is 0 Å². The monoisotopic (exact) mass is 250 g/mol. The van der Waals surface area contributed by atoms with Gasteiger partial charge in [-0.3, -0.25) is 0 Å². The standard InChI is InChI=1S/C10H22N2O3S/c1-3-11-16(14,15)12-8-10(13)6-4-9(2)5-7-10/h9,11-13H,3-8H2,1-2H3. The van der Waals surface area contributed by atoms with E-state index in [0.29, 0.717) is 25.3 Å². The van der Waals surface area contributed by atoms with Crippen molar-refractivity contribution in [3.63, 3.8) is 0 Å². The normalized spacial score (nSPS) is 31.6. The summed E-state index contributed by atoms with van der Waals surface area (Å²) in [6.07, 6.45) is 3.25. The molecule has 1 rings (SSSR count). The average Bonchev–Trinajstić information content (AvgIpc) is 2.21. The predicted molar refractivity (Wildman–Crippen MR) is 63.2 cm³/mol. The van der Waals surface area contributed by atoms with Crippen molar-refractivity contribution < 1.29 is 13.5 Å². The van der Waals surface area contributed by atoms with E-state index in [4.69, 9.17) is 0 Å². The lowest BCUT2D eigenvalue weighted by Gasteiger charge is -2.34. The molecule has 0 aromatic heterocycles. The van der Waals surface area contributed by atoms with Crippen LogP contribution in [-0.2, 0) is 10.2 Å². The van der Waals surface area contributed by atoms with Crippen LogP contribution in [0.25, 0.3) is 0 Å². The first-order chi connectivity index (χ1) is 7.37. The summed E-state index contributed by atoms with van der Waals surface area (Å²) in [5, 5.41) is 10.2. The van der Waals surface area contributed by atoms with Crippen LogP contribution < -0.4 is 9.44 Å². The van der Waals surface area contributed by atoms with Gasteiger partial charge in [0.25, 0.3) is 10.2 Å². The maximum absolute atomic E-state index is 11.3. The van der Waals surface area contributed by atoms with Gasteiger partial charge < -0.3 is 5.11 Å². The average molecular weight is 250 g/mol. The van der Waals surface area contributed by atoms with E-state index in [1.165, 1.54) is 0 Å². The second-order valence-corrected chi connectivity index (χ2v) is 6.31. The molecule has 6 heteroatoms. The summed E-state index contributed by atoms with van der Waals surface area (Å²) in [5.41, 5.74) is -0.866. The van der Waals surface area contributed by atoms with Crippen molar-refractivity contribution in [3.05, 3.63) is 0 Å². The SMILES string of the molecule is CCNS(=O)(=O)NCC1(O)CCC(C)CC1. The van der Waals surface area contributed by atoms with E-state index >= 15 is 0 Å². The van der Waals surface area contributed by atoms with E-state index in [2.05, 4.69) is 16.4 Å². The summed E-state index contributed by atoms with van der Waals surface area (Å²) >= 11 is 0. The molecule has 0 radical (unpaired) electrons. The molecule has 3 N–H and O–H groups in total. The van der Waals surface area contributed by atoms with Crippen LogP contribution in [-0.4, -0.2) is 32.2 Å². The third-order valence-electron chi connectivity index (χ3n) is 3.13. The van der Waals surface area contributed by atoms with Gasteiger partial charge in [-0.2, -0.15) is 13.1 Å². The zero-order valence-corrected chi connectivity index (χ0v) is 10.8. The van der Waals surface area contributed by atoms with Crippen molar-refractivity contribution in [3.8, 4) is 0 Å². The molecule has 0 amide bonds. The van der Waals surface area contributed by atoms with Gasteiger partial charge in [-0.25, -0.2) is 4.72 Å². The van der Waals surface area contributed by atoms with Crippen molar-refractivity contribution in [2.45, 2.75) is 45.1 Å². The molecule has 0 aliphatic heterocycles. The second-order valence-electron chi connectivity index (χ2n) is 4.73. The minimum absolute atomic E-state index is 0.106. The Bertz CT molecular complexity index is 308. The van der Waals surface area contributed by atoms with E-state index in [0.717, 1.165) is 12.8 Å². The van der Waals surface area contributed by atoms with Gasteiger partial charge in [0.1, 0.15) is 0 Å². The summed E-state index contributed by atoms with van der Waals surface area (Å²) < 4.78 is 27.4. The number of aliphatic hydroxyl groups is 1. The van der Waals surface area contributed by atoms with Crippen molar-refractivity contribution in [1.29, 1.82) is 0 Å². The largest absolute Gasteiger partial charge is 0.389 e. The second kappa shape index (κ2) is 5.44. The molecular formula is C10H22N2O3S. The Balaban J connectivity index is 2.42. The maximum atomic E-state index is 11.3. The minimum atomic E-state index is -3.44. The molecule has 1 saturated carbocycles. The van der Waals surface area contributed by atoms with Crippen LogP contribution in [0.2, 0.25) is 0 Å². The van der Waals surface area contributed by atoms with Gasteiger partial charge in [-0.1, -0.05) is 13.8 Å². The van der Waals surface area contributed by atoms with Crippen LogP contribution in [0.3, 0.4) is 0 Å². The lowest BCUT2D eigenvalue weighted by atomic mass is 9.80. The first kappa shape index (κ1) is 13.9. The van der Waals surface area contributed by atoms with Crippen molar-refractivity contribution in [1.82, 2.24) is 9.44 Å². The first-order valence-electron chi connectivity index (χ1n) is 5.83. The van der Waals surface area contributed by atoms with E-state index < -0.39 is 15.8 Å². The Labute approximate surface area is 97.8 Å². The lowest BCUT2D eigenvalue weighted by Crippen LogP contribution is -2.48. The Kier molecular flexibility index (Phi) is 4.73. The van der Waals surface area contributed by atoms with Crippen LogP contribution in [0.15, 0.2) is 0 Å². The van der Waals surface area contributed by atoms with Gasteiger partial charge in [-0.15, -0.1) is 0 Å². The summed E-state index contributed by atoms with van der Waals surface area (Å²) in [7, 11) is -3.44. The molecule has 0 aromatic rings. The number of rotatable bonds is 5. The predicted octanol–water partition coefficient (Wildman–Crippen LogP) is 0.371. The molecule has 96 valence electrons. The fourth-order valence-corrected chi connectivity index (χ4v) is 2.89. The van der Waals surface area contributed by atoms with E-state index in [9.17, 15) is 13.5 Å². The van der Waals surface area contributed by atoms with Crippen molar-refractivity contribution >= 4 is 10.2 Å². The highest BCUT2D eigenvalue weighted by Crippen LogP contribution is 2.31. The van der Waals surface area contributed by atoms with Crippen LogP contribution in [0.5, 0.6) is 0 Å². The summed E-state index contributed by atoms with van der Waals surface area (Å²) in [6, 6.07) is 0. The highest BCUT2D eigenvalue weighted by molar-refractivity contribution is 7.87. The fraction of sp³-hybridized carbons (Fsp3) is 1.00. The number of hydrogen-bond acceptors (Lipinski definition) is 3. The Hall–Kier alpha value is -0.170. The lowest BCUT2D eigenvalue weighted by molar-refractivity contribution is -0.00188. The maximum Gasteiger partial charge on any atom is 0.276 e. The van der Waals surface area contributed by atoms with Crippen LogP contribution in [0.1, 0.15) is 39.5 Å². The molecule has 1 fully saturated rings. The zero-order valence-electron chi connectivity index (χ0n) is 9.99. The van der Waals surface area contributed by atoms with Crippen molar-refractivity contribution in [2.75, 3.05) is 13.1 Å². The van der Waals surface area contributed by atoms with Crippen molar-refractivity contribution in [2.24, 2.45) is 5.92 Å². The van der Waals surface area contributed by atoms with Gasteiger partial charge in [0.2, 0.25) is 0 Å². The van der Waals surface area contributed by atoms with Crippen LogP contribution in [0.4, 0.5) is 0 Å². The number of hydrogen-bond donors (Lipinski definition) is 3. The fourth-order valence-electron chi connectivity index (χ4n) is 1.95. The molecule has 5 nitrogen and oxygen atoms in total. The molecule has 0 atom stereocenters. The zero-order chi connectivity index (χ0) is 12.2. The molecule has 0 saturated heterocycles. The Morgan fingerprint density at radius 3 is 2.38 bits per heavy atom. The van der Waals surface area contributed by atoms with Gasteiger partial charge in [0.15, 0.2) is 0 Å². The van der Waals surface area contributed by atoms with Crippen LogP contribution >= 0.6 is 0 Å². The summed E-state index contributed by atoms with van der Waals surface area (Å²) in [5.74, 6) is 0.630. The topological polar surface area (TPSA) is 78.4 Å². The van der Waals surface area contributed by atoms with Gasteiger partial charge in [0.05, 0.1) is 5.60 Å². The van der Waals surface area contributed by atoms with E-state index in [-0.39, 0.29) is 6.54 Å². The quantitative estimate of drug-likeness (QED) is 0.659. The molecule has 16 heavy (non-hydrogen) atoms. The Morgan fingerprint density at radius 2 is 1.88 bits per heavy atom. The smallest absolute Gasteiger partial charge is 0.276 e. The van der Waals surface area contributed by atoms with Gasteiger partial charge in [0, 0.05) is 13.1 Å². The third kappa shape index (κ3) is 4.37. The summed E-state index contributed by atoms with van der Waals surface area (Å²) in [6.45, 7) is 4.33. The highest BCUT2D eigenvalue weighted by Gasteiger charge is 2.32. The molecule has 0 spiro atoms. The van der Waals surface area contributed by atoms with Crippen LogP contribution in [0, 0.1) is 5.92 Å². The highest BCUT2D eigenvalue weighted by atomic mass is 32.2. The number of nitrogens with one attached hydrogen (secondary N) is 2. The molecule has 0 unspecified atom stereocenters. The first-order valence-corrected chi connectivity index (χ1v) is 7.32. The molecule has 0 heterocycles. The molecule has 0 aromatic carbocycles. The van der Waals surface area contributed by atoms with E-state index in [1.807, 2.05) is 0 Å². The molecular weight excluding hydrogens is 228 g/mol. The molecule has 1 aliphatic rings. The molecule has 0 bridgehead atoms. The molecule has 1 aliphatic carbocycles. The third-order valence-corrected chi connectivity index (χ3v) is 4.32. The van der Waals surface area contributed by atoms with Gasteiger partial charge in [-0.05, 0) is 31.6 Å². The minimum Gasteiger partial charge on any atom is -0.389 e. The Morgan fingerprint density at radius 1 is 1.31 bits per heavy atom. The summed E-state index contributed by atoms with van der Waals surface area (Å²) in [4.78, 5) is 0. The van der Waals surface area contributed by atoms with E-state index in [1.54, 1.807) is 6.92 Å².